The fourth-order valence-electron chi connectivity index (χ4n) is 3.15. The van der Waals surface area contributed by atoms with Gasteiger partial charge in [0, 0.05) is 22.4 Å². The predicted molar refractivity (Wildman–Crippen MR) is 110 cm³/mol. The maximum atomic E-state index is 12.3. The second-order valence-electron chi connectivity index (χ2n) is 6.13. The number of nitrogens with two attached hydrogens (primary N) is 1. The summed E-state index contributed by atoms with van der Waals surface area (Å²) < 4.78 is 0.573. The maximum Gasteiger partial charge on any atom is 0.266 e. The molecule has 7 heteroatoms. The Bertz CT molecular complexity index is 1210. The van der Waals surface area contributed by atoms with E-state index in [0.717, 1.165) is 16.5 Å². The Balaban J connectivity index is 2.17. The highest BCUT2D eigenvalue weighted by Crippen LogP contribution is 2.47. The van der Waals surface area contributed by atoms with Crippen LogP contribution in [0.2, 0.25) is 10.0 Å². The topological polar surface area (TPSA) is 79.1 Å². The number of hydrogen-bond donors (Lipinski definition) is 3. The van der Waals surface area contributed by atoms with Crippen LogP contribution in [0.4, 0.5) is 0 Å². The van der Waals surface area contributed by atoms with Gasteiger partial charge >= 0.3 is 0 Å². The zero-order valence-corrected chi connectivity index (χ0v) is 16.0. The summed E-state index contributed by atoms with van der Waals surface area (Å²) in [5, 5.41) is 14.1. The largest absolute Gasteiger partial charge is 0.506 e. The van der Waals surface area contributed by atoms with Gasteiger partial charge in [-0.25, -0.2) is 0 Å². The van der Waals surface area contributed by atoms with E-state index in [0.29, 0.717) is 21.2 Å². The average Bonchev–Trinajstić information content (AvgIpc) is 3.12. The van der Waals surface area contributed by atoms with E-state index in [-0.39, 0.29) is 27.4 Å². The van der Waals surface area contributed by atoms with Crippen LogP contribution in [0.3, 0.4) is 0 Å². The van der Waals surface area contributed by atoms with Crippen molar-refractivity contribution in [3.05, 3.63) is 61.7 Å². The first-order chi connectivity index (χ1) is 12.4. The normalized spacial score (nSPS) is 12.8. The first kappa shape index (κ1) is 17.4. The van der Waals surface area contributed by atoms with Crippen LogP contribution >= 0.6 is 34.5 Å². The Morgan fingerprint density at radius 1 is 1.15 bits per heavy atom. The van der Waals surface area contributed by atoms with E-state index < -0.39 is 0 Å². The number of phenols is 1. The zero-order chi connectivity index (χ0) is 18.6. The Labute approximate surface area is 162 Å². The van der Waals surface area contributed by atoms with Gasteiger partial charge in [-0.2, -0.15) is 0 Å². The van der Waals surface area contributed by atoms with Crippen molar-refractivity contribution >= 4 is 55.5 Å². The number of halogens is 2. The van der Waals surface area contributed by atoms with E-state index in [1.165, 1.54) is 11.3 Å². The van der Waals surface area contributed by atoms with Crippen LogP contribution < -0.4 is 11.3 Å². The molecular weight excluding hydrogens is 391 g/mol. The first-order valence-corrected chi connectivity index (χ1v) is 9.52. The van der Waals surface area contributed by atoms with Gasteiger partial charge in [0.2, 0.25) is 0 Å². The molecule has 0 aliphatic heterocycles. The van der Waals surface area contributed by atoms with Crippen LogP contribution in [0.1, 0.15) is 18.5 Å². The summed E-state index contributed by atoms with van der Waals surface area (Å²) in [4.78, 5) is 15.1. The number of pyridine rings is 1. The molecule has 4 aromatic rings. The number of hydrogen-bond acceptors (Lipinski definition) is 4. The molecule has 0 fully saturated rings. The molecule has 132 valence electrons. The summed E-state index contributed by atoms with van der Waals surface area (Å²) in [6.07, 6.45) is 0. The summed E-state index contributed by atoms with van der Waals surface area (Å²) in [7, 11) is 0. The summed E-state index contributed by atoms with van der Waals surface area (Å²) in [6, 6.07) is 9.32. The lowest BCUT2D eigenvalue weighted by molar-refractivity contribution is 0.478. The van der Waals surface area contributed by atoms with Gasteiger partial charge in [-0.3, -0.25) is 4.79 Å². The molecule has 0 amide bonds. The molecule has 2 heterocycles. The second kappa shape index (κ2) is 6.28. The number of rotatable bonds is 2. The van der Waals surface area contributed by atoms with Crippen molar-refractivity contribution < 1.29 is 5.11 Å². The Hall–Kier alpha value is -2.05. The van der Waals surface area contributed by atoms with Crippen molar-refractivity contribution in [2.75, 3.05) is 0 Å². The van der Waals surface area contributed by atoms with E-state index in [9.17, 15) is 9.90 Å². The minimum Gasteiger partial charge on any atom is -0.506 e. The third-order valence-electron chi connectivity index (χ3n) is 4.46. The molecule has 0 aliphatic carbocycles. The van der Waals surface area contributed by atoms with Crippen LogP contribution in [0.5, 0.6) is 5.75 Å². The van der Waals surface area contributed by atoms with Crippen LogP contribution in [-0.2, 0) is 0 Å². The minimum absolute atomic E-state index is 0.00988. The maximum absolute atomic E-state index is 12.3. The van der Waals surface area contributed by atoms with Crippen molar-refractivity contribution in [1.82, 2.24) is 4.98 Å². The van der Waals surface area contributed by atoms with Gasteiger partial charge in [0.05, 0.1) is 10.5 Å². The van der Waals surface area contributed by atoms with Gasteiger partial charge < -0.3 is 15.8 Å². The van der Waals surface area contributed by atoms with Crippen molar-refractivity contribution in [2.24, 2.45) is 5.73 Å². The van der Waals surface area contributed by atoms with E-state index in [2.05, 4.69) is 4.98 Å². The lowest BCUT2D eigenvalue weighted by atomic mass is 9.95. The fraction of sp³-hybridized carbons (Fsp3) is 0.105. The zero-order valence-electron chi connectivity index (χ0n) is 13.6. The molecule has 0 radical (unpaired) electrons. The standard InChI is InChI=1S/C19H14Cl2N2O2S/c1-8(22)9-2-4-10(5-3-9)12-13-11-6-7-26-18(11)19(25)23-16(13)14(20)15(21)17(12)24/h2-8,24H,22H2,1H3,(H,23,25)/t8-/m1/s1. The summed E-state index contributed by atoms with van der Waals surface area (Å²) in [5.41, 5.74) is 8.37. The Morgan fingerprint density at radius 3 is 2.50 bits per heavy atom. The molecular formula is C19H14Cl2N2O2S. The monoisotopic (exact) mass is 404 g/mol. The van der Waals surface area contributed by atoms with Gasteiger partial charge in [0.15, 0.2) is 0 Å². The van der Waals surface area contributed by atoms with Crippen molar-refractivity contribution in [2.45, 2.75) is 13.0 Å². The third kappa shape index (κ3) is 2.51. The molecule has 2 aromatic heterocycles. The number of aromatic hydroxyl groups is 1. The highest BCUT2D eigenvalue weighted by atomic mass is 35.5. The fourth-order valence-corrected chi connectivity index (χ4v) is 4.37. The quantitative estimate of drug-likeness (QED) is 0.415. The van der Waals surface area contributed by atoms with Gasteiger partial charge in [0.1, 0.15) is 15.5 Å². The van der Waals surface area contributed by atoms with E-state index in [1.807, 2.05) is 42.6 Å². The number of aromatic amines is 1. The number of benzene rings is 2. The minimum atomic E-state index is -0.232. The van der Waals surface area contributed by atoms with Crippen molar-refractivity contribution in [3.8, 4) is 16.9 Å². The molecule has 0 aliphatic rings. The van der Waals surface area contributed by atoms with Crippen LogP contribution in [0.15, 0.2) is 40.5 Å². The van der Waals surface area contributed by atoms with E-state index in [1.54, 1.807) is 0 Å². The SMILES string of the molecule is C[C@@H](N)c1ccc(-c2c(O)c(Cl)c(Cl)c3[nH]c(=O)c4sccc4c23)cc1. The molecule has 0 saturated carbocycles. The van der Waals surface area contributed by atoms with Gasteiger partial charge in [-0.15, -0.1) is 11.3 Å². The molecule has 4 nitrogen and oxygen atoms in total. The highest BCUT2D eigenvalue weighted by molar-refractivity contribution is 7.17. The molecule has 2 aromatic carbocycles. The first-order valence-electron chi connectivity index (χ1n) is 7.89. The summed E-state index contributed by atoms with van der Waals surface area (Å²) >= 11 is 13.9. The highest BCUT2D eigenvalue weighted by Gasteiger charge is 2.22. The molecule has 0 saturated heterocycles. The molecule has 4 N–H and O–H groups in total. The molecule has 0 bridgehead atoms. The molecule has 1 atom stereocenters. The Kier molecular flexibility index (Phi) is 4.20. The summed E-state index contributed by atoms with van der Waals surface area (Å²) in [6.45, 7) is 1.90. The molecule has 0 unspecified atom stereocenters. The van der Waals surface area contributed by atoms with E-state index >= 15 is 0 Å². The number of fused-ring (bicyclic) bond motifs is 3. The number of H-pyrrole nitrogens is 1. The number of nitrogens with one attached hydrogen (secondary N) is 1. The molecule has 26 heavy (non-hydrogen) atoms. The van der Waals surface area contributed by atoms with Crippen LogP contribution in [0, 0.1) is 0 Å². The van der Waals surface area contributed by atoms with Crippen molar-refractivity contribution in [3.63, 3.8) is 0 Å². The molecule has 4 rings (SSSR count). The lowest BCUT2D eigenvalue weighted by Gasteiger charge is -2.15. The van der Waals surface area contributed by atoms with Crippen LogP contribution in [-0.4, -0.2) is 10.1 Å². The van der Waals surface area contributed by atoms with Gasteiger partial charge in [0.25, 0.3) is 5.56 Å². The van der Waals surface area contributed by atoms with Crippen molar-refractivity contribution in [1.29, 1.82) is 0 Å². The van der Waals surface area contributed by atoms with Gasteiger partial charge in [-0.1, -0.05) is 47.5 Å². The number of thiophene rings is 1. The summed E-state index contributed by atoms with van der Waals surface area (Å²) in [5.74, 6) is -0.114. The molecule has 0 spiro atoms. The van der Waals surface area contributed by atoms with E-state index in [4.69, 9.17) is 28.9 Å². The number of phenolic OH excluding ortho intramolecular Hbond substituents is 1. The van der Waals surface area contributed by atoms with Gasteiger partial charge in [-0.05, 0) is 29.5 Å². The second-order valence-corrected chi connectivity index (χ2v) is 7.80. The third-order valence-corrected chi connectivity index (χ3v) is 6.22. The average molecular weight is 405 g/mol. The van der Waals surface area contributed by atoms with Crippen LogP contribution in [0.25, 0.3) is 32.1 Å². The number of aromatic nitrogens is 1. The smallest absolute Gasteiger partial charge is 0.266 e. The Morgan fingerprint density at radius 2 is 1.85 bits per heavy atom. The predicted octanol–water partition coefficient (Wildman–Crippen LogP) is 5.44. The lowest BCUT2D eigenvalue weighted by Crippen LogP contribution is -2.06.